The molecule has 0 saturated heterocycles. The third kappa shape index (κ3) is 6.61. The zero-order chi connectivity index (χ0) is 46.0. The molecule has 0 spiro atoms. The highest BCUT2D eigenvalue weighted by Gasteiger charge is 2.35. The van der Waals surface area contributed by atoms with E-state index in [0.717, 1.165) is 71.9 Å². The average molecular weight is 870 g/mol. The van der Waals surface area contributed by atoms with Crippen molar-refractivity contribution < 1.29 is 13.2 Å². The maximum atomic E-state index is 15.2. The van der Waals surface area contributed by atoms with E-state index in [1.54, 1.807) is 43.3 Å². The van der Waals surface area contributed by atoms with Gasteiger partial charge in [0.15, 0.2) is 5.69 Å². The van der Waals surface area contributed by atoms with Gasteiger partial charge in [-0.2, -0.15) is 23.7 Å². The fourth-order valence-corrected chi connectivity index (χ4v) is 9.86. The van der Waals surface area contributed by atoms with Crippen LogP contribution in [0.2, 0.25) is 0 Å². The van der Waals surface area contributed by atoms with E-state index in [2.05, 4.69) is 44.3 Å². The van der Waals surface area contributed by atoms with Gasteiger partial charge in [0.25, 0.3) is 0 Å². The Balaban J connectivity index is 1.22. The van der Waals surface area contributed by atoms with Crippen LogP contribution in [0, 0.1) is 36.2 Å². The first kappa shape index (κ1) is 40.6. The SMILES string of the molecule is [C-]#[N+]c1ccccc1-c1ccc2c(c1)c1ccccc1n2-c1ccc(C#N)cc1-c1cc(-n2c3ccccc3c3cc(-c4ccccc4C#N)ccc32)ccc1-c1c(C)cccc1C(F)(F)F. The van der Waals surface area contributed by atoms with Gasteiger partial charge in [-0.15, -0.1) is 0 Å². The predicted octanol–water partition coefficient (Wildman–Crippen LogP) is 16.2. The number of benzene rings is 9. The summed E-state index contributed by atoms with van der Waals surface area (Å²) in [7, 11) is 0. The van der Waals surface area contributed by atoms with Crippen LogP contribution >= 0.6 is 0 Å². The zero-order valence-corrected chi connectivity index (χ0v) is 35.8. The Bertz CT molecular complexity index is 3980. The van der Waals surface area contributed by atoms with Crippen molar-refractivity contribution in [2.75, 3.05) is 0 Å². The van der Waals surface area contributed by atoms with Gasteiger partial charge >= 0.3 is 6.18 Å². The van der Waals surface area contributed by atoms with Crippen LogP contribution in [0.1, 0.15) is 22.3 Å². The van der Waals surface area contributed by atoms with Crippen LogP contribution in [0.25, 0.3) is 104 Å². The summed E-state index contributed by atoms with van der Waals surface area (Å²) < 4.78 is 49.8. The smallest absolute Gasteiger partial charge is 0.309 e. The molecule has 5 nitrogen and oxygen atoms in total. The van der Waals surface area contributed by atoms with Crippen LogP contribution in [0.15, 0.2) is 188 Å². The summed E-state index contributed by atoms with van der Waals surface area (Å²) in [6.07, 6.45) is -4.67. The van der Waals surface area contributed by atoms with Gasteiger partial charge in [-0.05, 0) is 130 Å². The maximum absolute atomic E-state index is 15.2. The van der Waals surface area contributed by atoms with Crippen LogP contribution in [0.5, 0.6) is 0 Å². The van der Waals surface area contributed by atoms with E-state index < -0.39 is 11.7 Å². The fraction of sp³-hybridized carbons (Fsp3) is 0.0339. The van der Waals surface area contributed by atoms with E-state index in [-0.39, 0.29) is 5.56 Å². The van der Waals surface area contributed by atoms with Gasteiger partial charge in [0.05, 0.1) is 63.2 Å². The topological polar surface area (TPSA) is 61.8 Å². The Morgan fingerprint density at radius 2 is 1.10 bits per heavy atom. The molecule has 8 heteroatoms. The quantitative estimate of drug-likeness (QED) is 0.156. The Kier molecular flexibility index (Phi) is 9.59. The van der Waals surface area contributed by atoms with Crippen LogP contribution in [-0.4, -0.2) is 9.13 Å². The molecule has 9 aromatic carbocycles. The fourth-order valence-electron chi connectivity index (χ4n) is 9.86. The predicted molar refractivity (Wildman–Crippen MR) is 262 cm³/mol. The maximum Gasteiger partial charge on any atom is 0.417 e. The van der Waals surface area contributed by atoms with Gasteiger partial charge in [0.2, 0.25) is 0 Å². The van der Waals surface area contributed by atoms with Gasteiger partial charge in [-0.3, -0.25) is 0 Å². The lowest BCUT2D eigenvalue weighted by Gasteiger charge is -2.22. The van der Waals surface area contributed by atoms with E-state index in [0.29, 0.717) is 50.4 Å². The molecule has 0 fully saturated rings. The molecule has 0 aliphatic heterocycles. The Morgan fingerprint density at radius 3 is 1.79 bits per heavy atom. The summed E-state index contributed by atoms with van der Waals surface area (Å²) in [6, 6.07) is 63.1. The molecule has 11 aromatic rings. The Labute approximate surface area is 383 Å². The normalized spacial score (nSPS) is 11.5. The molecule has 0 amide bonds. The molecule has 11 rings (SSSR count). The minimum Gasteiger partial charge on any atom is -0.309 e. The van der Waals surface area contributed by atoms with E-state index in [9.17, 15) is 10.5 Å². The Morgan fingerprint density at radius 1 is 0.493 bits per heavy atom. The summed E-state index contributed by atoms with van der Waals surface area (Å²) in [6.45, 7) is 9.54. The van der Waals surface area contributed by atoms with Gasteiger partial charge in [-0.1, -0.05) is 109 Å². The lowest BCUT2D eigenvalue weighted by atomic mass is 9.87. The molecule has 0 saturated carbocycles. The van der Waals surface area contributed by atoms with Crippen LogP contribution in [0.3, 0.4) is 0 Å². The first-order valence-corrected chi connectivity index (χ1v) is 21.6. The van der Waals surface area contributed by atoms with Gasteiger partial charge in [-0.25, -0.2) is 4.85 Å². The highest BCUT2D eigenvalue weighted by atomic mass is 19.4. The summed E-state index contributed by atoms with van der Waals surface area (Å²) in [5.74, 6) is 0. The minimum absolute atomic E-state index is 0.0539. The van der Waals surface area contributed by atoms with Crippen molar-refractivity contribution in [2.24, 2.45) is 0 Å². The van der Waals surface area contributed by atoms with Crippen LogP contribution < -0.4 is 0 Å². The van der Waals surface area contributed by atoms with Crippen LogP contribution in [0.4, 0.5) is 18.9 Å². The van der Waals surface area contributed by atoms with Crippen molar-refractivity contribution in [3.05, 3.63) is 222 Å². The molecule has 0 aliphatic rings. The van der Waals surface area contributed by atoms with E-state index in [1.807, 2.05) is 121 Å². The van der Waals surface area contributed by atoms with Gasteiger partial charge in [0.1, 0.15) is 0 Å². The number of para-hydroxylation sites is 3. The number of alkyl halides is 3. The average Bonchev–Trinajstić information content (AvgIpc) is 3.87. The Hall–Kier alpha value is -9.16. The molecule has 0 atom stereocenters. The van der Waals surface area contributed by atoms with Crippen molar-refractivity contribution in [2.45, 2.75) is 13.1 Å². The van der Waals surface area contributed by atoms with Crippen molar-refractivity contribution >= 4 is 49.3 Å². The van der Waals surface area contributed by atoms with Gasteiger partial charge < -0.3 is 9.13 Å². The highest BCUT2D eigenvalue weighted by molar-refractivity contribution is 6.13. The molecular formula is C59H34F3N5. The molecule has 0 radical (unpaired) electrons. The standard InChI is InChI=1S/C59H34F3N5/c1-36-12-11-18-51(59(60,61)62)58(36)46-26-25-41(66-53-20-9-6-16-44(53)49-31-38(23-28-55(49)66)42-14-4-3-13-40(42)35-64)33-47(46)48-30-37(34-63)22-27-56(48)67-54-21-10-7-17-45(54)50-32-39(24-29-57(50)67)43-15-5-8-19-52(43)65-2/h3-33H,1H3. The number of halogens is 3. The van der Waals surface area contributed by atoms with Crippen LogP contribution in [-0.2, 0) is 6.18 Å². The third-order valence-electron chi connectivity index (χ3n) is 12.8. The summed E-state index contributed by atoms with van der Waals surface area (Å²) >= 11 is 0. The lowest BCUT2D eigenvalue weighted by Crippen LogP contribution is -2.09. The number of hydrogen-bond acceptors (Lipinski definition) is 2. The number of hydrogen-bond donors (Lipinski definition) is 0. The molecule has 2 aromatic heterocycles. The lowest BCUT2D eigenvalue weighted by molar-refractivity contribution is -0.137. The van der Waals surface area contributed by atoms with Crippen molar-refractivity contribution in [1.29, 1.82) is 10.5 Å². The highest BCUT2D eigenvalue weighted by Crippen LogP contribution is 2.47. The summed E-state index contributed by atoms with van der Waals surface area (Å²) in [5.41, 5.74) is 10.8. The number of aryl methyl sites for hydroxylation is 1. The molecule has 0 N–H and O–H groups in total. The second-order valence-corrected chi connectivity index (χ2v) is 16.5. The number of nitriles is 2. The first-order chi connectivity index (χ1) is 32.7. The molecular weight excluding hydrogens is 836 g/mol. The summed E-state index contributed by atoms with van der Waals surface area (Å²) in [5, 5.41) is 24.2. The molecule has 316 valence electrons. The number of aromatic nitrogens is 2. The van der Waals surface area contributed by atoms with E-state index in [4.69, 9.17) is 6.57 Å². The van der Waals surface area contributed by atoms with E-state index in [1.165, 1.54) is 6.07 Å². The van der Waals surface area contributed by atoms with Gasteiger partial charge in [0, 0.05) is 32.8 Å². The third-order valence-corrected chi connectivity index (χ3v) is 12.8. The largest absolute Gasteiger partial charge is 0.417 e. The molecule has 0 aliphatic carbocycles. The molecule has 67 heavy (non-hydrogen) atoms. The van der Waals surface area contributed by atoms with Crippen molar-refractivity contribution in [3.63, 3.8) is 0 Å². The zero-order valence-electron chi connectivity index (χ0n) is 35.8. The minimum atomic E-state index is -4.67. The molecule has 0 bridgehead atoms. The number of rotatable bonds is 6. The van der Waals surface area contributed by atoms with Crippen molar-refractivity contribution in [3.8, 4) is 68.0 Å². The molecule has 0 unspecified atom stereocenters. The van der Waals surface area contributed by atoms with E-state index >= 15 is 13.2 Å². The first-order valence-electron chi connectivity index (χ1n) is 21.6. The number of fused-ring (bicyclic) bond motifs is 6. The molecule has 2 heterocycles. The second-order valence-electron chi connectivity index (χ2n) is 16.5. The monoisotopic (exact) mass is 869 g/mol. The van der Waals surface area contributed by atoms with Crippen molar-refractivity contribution in [1.82, 2.24) is 9.13 Å². The summed E-state index contributed by atoms with van der Waals surface area (Å²) in [4.78, 5) is 3.78. The second kappa shape index (κ2) is 15.8. The number of nitrogens with zero attached hydrogens (tertiary/aromatic N) is 5.